The molecule has 0 saturated carbocycles. The van der Waals surface area contributed by atoms with E-state index in [4.69, 9.17) is 4.74 Å². The first kappa shape index (κ1) is 13.5. The predicted molar refractivity (Wildman–Crippen MR) is 73.4 cm³/mol. The van der Waals surface area contributed by atoms with E-state index in [0.29, 0.717) is 24.6 Å². The van der Waals surface area contributed by atoms with E-state index in [1.807, 2.05) is 13.8 Å². The van der Waals surface area contributed by atoms with E-state index in [9.17, 15) is 4.79 Å². The maximum absolute atomic E-state index is 12.1. The van der Waals surface area contributed by atoms with E-state index in [-0.39, 0.29) is 5.91 Å². The fourth-order valence-electron chi connectivity index (χ4n) is 1.57. The molecule has 0 atom stereocenters. The number of amides is 1. The smallest absolute Gasteiger partial charge is 0.257 e. The molecule has 0 saturated heterocycles. The Kier molecular flexibility index (Phi) is 4.46. The van der Waals surface area contributed by atoms with Crippen molar-refractivity contribution >= 4 is 17.2 Å². The number of thiazole rings is 1. The first-order valence-electron chi connectivity index (χ1n) is 5.98. The summed E-state index contributed by atoms with van der Waals surface area (Å²) in [5.74, 6) is 0.172. The van der Waals surface area contributed by atoms with Gasteiger partial charge in [-0.1, -0.05) is 0 Å². The molecule has 0 aliphatic rings. The molecule has 0 bridgehead atoms. The van der Waals surface area contributed by atoms with Gasteiger partial charge in [0, 0.05) is 17.3 Å². The monoisotopic (exact) mass is 277 g/mol. The standard InChI is InChI=1S/C13H15N3O2S/c1-3-18-13-11(5-4-6-14-13)12(17)16-8-10-7-15-9(2)19-10/h4-7H,3,8H2,1-2H3,(H,16,17). The van der Waals surface area contributed by atoms with Gasteiger partial charge < -0.3 is 10.1 Å². The Morgan fingerprint density at radius 1 is 1.47 bits per heavy atom. The quantitative estimate of drug-likeness (QED) is 0.909. The summed E-state index contributed by atoms with van der Waals surface area (Å²) < 4.78 is 5.33. The number of pyridine rings is 1. The zero-order chi connectivity index (χ0) is 13.7. The van der Waals surface area contributed by atoms with Crippen LogP contribution in [0.4, 0.5) is 0 Å². The molecule has 2 aromatic rings. The van der Waals surface area contributed by atoms with Crippen LogP contribution in [-0.2, 0) is 6.54 Å². The minimum Gasteiger partial charge on any atom is -0.477 e. The maximum atomic E-state index is 12.1. The Morgan fingerprint density at radius 2 is 2.32 bits per heavy atom. The molecule has 0 radical (unpaired) electrons. The number of ether oxygens (including phenoxy) is 1. The van der Waals surface area contributed by atoms with E-state index < -0.39 is 0 Å². The fraction of sp³-hybridized carbons (Fsp3) is 0.308. The van der Waals surface area contributed by atoms with Crippen molar-refractivity contribution in [1.82, 2.24) is 15.3 Å². The van der Waals surface area contributed by atoms with Gasteiger partial charge >= 0.3 is 0 Å². The zero-order valence-electron chi connectivity index (χ0n) is 10.8. The van der Waals surface area contributed by atoms with Gasteiger partial charge in [0.25, 0.3) is 5.91 Å². The second-order valence-electron chi connectivity index (χ2n) is 3.82. The molecule has 6 heteroatoms. The summed E-state index contributed by atoms with van der Waals surface area (Å²) in [7, 11) is 0. The number of rotatable bonds is 5. The van der Waals surface area contributed by atoms with Gasteiger partial charge in [0.2, 0.25) is 5.88 Å². The van der Waals surface area contributed by atoms with E-state index in [0.717, 1.165) is 9.88 Å². The lowest BCUT2D eigenvalue weighted by molar-refractivity contribution is 0.0946. The van der Waals surface area contributed by atoms with Gasteiger partial charge in [-0.05, 0) is 26.0 Å². The normalized spacial score (nSPS) is 10.2. The van der Waals surface area contributed by atoms with E-state index in [1.54, 1.807) is 35.9 Å². The van der Waals surface area contributed by atoms with Gasteiger partial charge in [-0.15, -0.1) is 11.3 Å². The molecule has 0 spiro atoms. The zero-order valence-corrected chi connectivity index (χ0v) is 11.7. The highest BCUT2D eigenvalue weighted by Crippen LogP contribution is 2.15. The molecule has 2 aromatic heterocycles. The third kappa shape index (κ3) is 3.51. The van der Waals surface area contributed by atoms with Crippen molar-refractivity contribution in [3.63, 3.8) is 0 Å². The summed E-state index contributed by atoms with van der Waals surface area (Å²) in [6.45, 7) is 4.73. The molecular formula is C13H15N3O2S. The molecule has 19 heavy (non-hydrogen) atoms. The van der Waals surface area contributed by atoms with Crippen molar-refractivity contribution in [1.29, 1.82) is 0 Å². The second kappa shape index (κ2) is 6.29. The molecule has 0 aliphatic heterocycles. The van der Waals surface area contributed by atoms with Gasteiger partial charge in [-0.25, -0.2) is 9.97 Å². The number of hydrogen-bond acceptors (Lipinski definition) is 5. The van der Waals surface area contributed by atoms with Crippen molar-refractivity contribution in [2.45, 2.75) is 20.4 Å². The molecule has 2 heterocycles. The van der Waals surface area contributed by atoms with E-state index in [2.05, 4.69) is 15.3 Å². The van der Waals surface area contributed by atoms with Crippen LogP contribution in [0.15, 0.2) is 24.5 Å². The average Bonchev–Trinajstić information content (AvgIpc) is 2.83. The molecule has 0 aromatic carbocycles. The summed E-state index contributed by atoms with van der Waals surface area (Å²) >= 11 is 1.57. The van der Waals surface area contributed by atoms with Crippen molar-refractivity contribution in [3.8, 4) is 5.88 Å². The lowest BCUT2D eigenvalue weighted by Crippen LogP contribution is -2.23. The second-order valence-corrected chi connectivity index (χ2v) is 5.14. The Labute approximate surface area is 115 Å². The number of aryl methyl sites for hydroxylation is 1. The fourth-order valence-corrected chi connectivity index (χ4v) is 2.30. The lowest BCUT2D eigenvalue weighted by Gasteiger charge is -2.08. The summed E-state index contributed by atoms with van der Waals surface area (Å²) in [6.07, 6.45) is 3.38. The molecule has 5 nitrogen and oxygen atoms in total. The Bertz CT molecular complexity index is 569. The van der Waals surface area contributed by atoms with Gasteiger partial charge in [-0.2, -0.15) is 0 Å². The van der Waals surface area contributed by atoms with Crippen LogP contribution in [0.1, 0.15) is 27.2 Å². The Morgan fingerprint density at radius 3 is 3.00 bits per heavy atom. The molecule has 0 unspecified atom stereocenters. The Hall–Kier alpha value is -1.95. The SMILES string of the molecule is CCOc1ncccc1C(=O)NCc1cnc(C)s1. The number of nitrogens with one attached hydrogen (secondary N) is 1. The highest BCUT2D eigenvalue weighted by Gasteiger charge is 2.13. The molecule has 2 rings (SSSR count). The Balaban J connectivity index is 2.03. The van der Waals surface area contributed by atoms with Crippen molar-refractivity contribution in [2.75, 3.05) is 6.61 Å². The van der Waals surface area contributed by atoms with E-state index >= 15 is 0 Å². The van der Waals surface area contributed by atoms with Crippen LogP contribution in [0.5, 0.6) is 5.88 Å². The van der Waals surface area contributed by atoms with Gasteiger partial charge in [-0.3, -0.25) is 4.79 Å². The number of carbonyl (C=O) groups is 1. The first-order chi connectivity index (χ1) is 9.20. The van der Waals surface area contributed by atoms with Gasteiger partial charge in [0.1, 0.15) is 5.56 Å². The molecule has 100 valence electrons. The number of nitrogens with zero attached hydrogens (tertiary/aromatic N) is 2. The lowest BCUT2D eigenvalue weighted by atomic mass is 10.2. The highest BCUT2D eigenvalue weighted by molar-refractivity contribution is 7.11. The van der Waals surface area contributed by atoms with Crippen LogP contribution in [-0.4, -0.2) is 22.5 Å². The number of hydrogen-bond donors (Lipinski definition) is 1. The predicted octanol–water partition coefficient (Wildman–Crippen LogP) is 2.18. The van der Waals surface area contributed by atoms with Gasteiger partial charge in [0.15, 0.2) is 0 Å². The third-order valence-electron chi connectivity index (χ3n) is 2.39. The molecule has 0 fully saturated rings. The van der Waals surface area contributed by atoms with Crippen LogP contribution >= 0.6 is 11.3 Å². The van der Waals surface area contributed by atoms with Crippen LogP contribution in [0, 0.1) is 6.92 Å². The minimum atomic E-state index is -0.192. The molecule has 1 N–H and O–H groups in total. The summed E-state index contributed by atoms with van der Waals surface area (Å²) in [5, 5.41) is 3.83. The van der Waals surface area contributed by atoms with Crippen LogP contribution in [0.25, 0.3) is 0 Å². The molecular weight excluding hydrogens is 262 g/mol. The topological polar surface area (TPSA) is 64.1 Å². The minimum absolute atomic E-state index is 0.192. The first-order valence-corrected chi connectivity index (χ1v) is 6.79. The molecule has 1 amide bonds. The van der Waals surface area contributed by atoms with Crippen molar-refractivity contribution < 1.29 is 9.53 Å². The highest BCUT2D eigenvalue weighted by atomic mass is 32.1. The van der Waals surface area contributed by atoms with Crippen molar-refractivity contribution in [2.24, 2.45) is 0 Å². The van der Waals surface area contributed by atoms with Gasteiger partial charge in [0.05, 0.1) is 18.2 Å². The van der Waals surface area contributed by atoms with E-state index in [1.165, 1.54) is 0 Å². The number of aromatic nitrogens is 2. The summed E-state index contributed by atoms with van der Waals surface area (Å²) in [6, 6.07) is 3.42. The largest absolute Gasteiger partial charge is 0.477 e. The maximum Gasteiger partial charge on any atom is 0.257 e. The summed E-state index contributed by atoms with van der Waals surface area (Å²) in [5.41, 5.74) is 0.450. The molecule has 0 aliphatic carbocycles. The third-order valence-corrected chi connectivity index (χ3v) is 3.30. The average molecular weight is 277 g/mol. The van der Waals surface area contributed by atoms with Crippen LogP contribution in [0.2, 0.25) is 0 Å². The van der Waals surface area contributed by atoms with Crippen LogP contribution in [0.3, 0.4) is 0 Å². The number of carbonyl (C=O) groups excluding carboxylic acids is 1. The van der Waals surface area contributed by atoms with Crippen molar-refractivity contribution in [3.05, 3.63) is 40.0 Å². The summed E-state index contributed by atoms with van der Waals surface area (Å²) in [4.78, 5) is 21.3. The van der Waals surface area contributed by atoms with Crippen LogP contribution < -0.4 is 10.1 Å².